The molecule has 0 atom stereocenters. The third kappa shape index (κ3) is 2.35. The third-order valence-electron chi connectivity index (χ3n) is 3.79. The molecule has 0 aliphatic rings. The molecule has 0 fully saturated rings. The van der Waals surface area contributed by atoms with E-state index in [1.807, 2.05) is 0 Å². The Balaban J connectivity index is 2.27. The molecule has 3 aromatic heterocycles. The molecule has 0 aromatic carbocycles. The highest BCUT2D eigenvalue weighted by Gasteiger charge is 2.26. The highest BCUT2D eigenvalue weighted by molar-refractivity contribution is 7.90. The second kappa shape index (κ2) is 5.41. The van der Waals surface area contributed by atoms with Gasteiger partial charge in [0.05, 0.1) is 5.75 Å². The molecule has 3 aromatic rings. The van der Waals surface area contributed by atoms with E-state index in [0.29, 0.717) is 5.56 Å². The molecule has 0 saturated heterocycles. The lowest BCUT2D eigenvalue weighted by molar-refractivity contribution is 0.579. The fourth-order valence-corrected chi connectivity index (χ4v) is 4.02. The molecule has 0 radical (unpaired) electrons. The summed E-state index contributed by atoms with van der Waals surface area (Å²) in [7, 11) is 0.398. The Morgan fingerprint density at radius 1 is 1.08 bits per heavy atom. The number of fused-ring (bicyclic) bond motifs is 1. The van der Waals surface area contributed by atoms with Crippen LogP contribution in [0.5, 0.6) is 0 Å². The van der Waals surface area contributed by atoms with Gasteiger partial charge in [-0.25, -0.2) is 13.2 Å². The van der Waals surface area contributed by atoms with E-state index in [4.69, 9.17) is 0 Å². The minimum atomic E-state index is -3.82. The van der Waals surface area contributed by atoms with Crippen molar-refractivity contribution >= 4 is 21.0 Å². The lowest BCUT2D eigenvalue weighted by Crippen LogP contribution is -2.37. The quantitative estimate of drug-likeness (QED) is 0.621. The molecule has 0 spiro atoms. The maximum absolute atomic E-state index is 12.7. The number of sulfone groups is 1. The molecular weight excluding hydrogens is 334 g/mol. The predicted molar refractivity (Wildman–Crippen MR) is 86.3 cm³/mol. The van der Waals surface area contributed by atoms with Crippen molar-refractivity contribution in [3.63, 3.8) is 0 Å². The Kier molecular flexibility index (Phi) is 3.63. The summed E-state index contributed by atoms with van der Waals surface area (Å²) in [6.07, 6.45) is 3.00. The van der Waals surface area contributed by atoms with Crippen LogP contribution < -0.4 is 11.2 Å². The van der Waals surface area contributed by atoms with Crippen LogP contribution in [0, 0.1) is 0 Å². The van der Waals surface area contributed by atoms with Crippen molar-refractivity contribution in [2.45, 2.75) is 10.9 Å². The predicted octanol–water partition coefficient (Wildman–Crippen LogP) is -0.660. The second-order valence-corrected chi connectivity index (χ2v) is 7.34. The third-order valence-corrected chi connectivity index (χ3v) is 5.43. The van der Waals surface area contributed by atoms with Crippen molar-refractivity contribution < 1.29 is 8.42 Å². The molecule has 0 amide bonds. The van der Waals surface area contributed by atoms with Crippen LogP contribution in [0.25, 0.3) is 11.2 Å². The van der Waals surface area contributed by atoms with Gasteiger partial charge in [-0.1, -0.05) is 6.07 Å². The Hall–Kier alpha value is -2.75. The standard InChI is InChI=1S/C14H15N5O4S/c1-17-10-11(18(2)14(21)19(3)12(10)20)16-13(17)24(22,23)8-9-5-4-6-15-7-9/h4-7H,8H2,1-3H3. The van der Waals surface area contributed by atoms with E-state index in [1.54, 1.807) is 18.3 Å². The second-order valence-electron chi connectivity index (χ2n) is 5.45. The van der Waals surface area contributed by atoms with Gasteiger partial charge in [-0.2, -0.15) is 4.98 Å². The van der Waals surface area contributed by atoms with Gasteiger partial charge in [0.2, 0.25) is 15.0 Å². The number of hydrogen-bond acceptors (Lipinski definition) is 6. The largest absolute Gasteiger partial charge is 0.332 e. The zero-order chi connectivity index (χ0) is 17.6. The normalized spacial score (nSPS) is 12.0. The Labute approximate surface area is 136 Å². The van der Waals surface area contributed by atoms with Crippen LogP contribution in [-0.4, -0.2) is 32.1 Å². The van der Waals surface area contributed by atoms with Crippen LogP contribution in [0.2, 0.25) is 0 Å². The number of hydrogen-bond donors (Lipinski definition) is 0. The molecule has 126 valence electrons. The van der Waals surface area contributed by atoms with Crippen molar-refractivity contribution in [1.29, 1.82) is 0 Å². The molecule has 24 heavy (non-hydrogen) atoms. The lowest BCUT2D eigenvalue weighted by Gasteiger charge is -2.04. The summed E-state index contributed by atoms with van der Waals surface area (Å²) in [5.41, 5.74) is -0.557. The number of pyridine rings is 1. The van der Waals surface area contributed by atoms with Gasteiger partial charge in [-0.15, -0.1) is 0 Å². The summed E-state index contributed by atoms with van der Waals surface area (Å²) in [5, 5.41) is -0.264. The summed E-state index contributed by atoms with van der Waals surface area (Å²) < 4.78 is 28.6. The molecule has 3 rings (SSSR count). The summed E-state index contributed by atoms with van der Waals surface area (Å²) >= 11 is 0. The Bertz CT molecular complexity index is 1160. The maximum Gasteiger partial charge on any atom is 0.332 e. The highest BCUT2D eigenvalue weighted by atomic mass is 32.2. The molecule has 0 unspecified atom stereocenters. The van der Waals surface area contributed by atoms with Gasteiger partial charge in [0, 0.05) is 33.5 Å². The van der Waals surface area contributed by atoms with Crippen LogP contribution in [-0.2, 0) is 36.7 Å². The topological polar surface area (TPSA) is 109 Å². The smallest absolute Gasteiger partial charge is 0.312 e. The van der Waals surface area contributed by atoms with E-state index in [0.717, 1.165) is 9.13 Å². The highest BCUT2D eigenvalue weighted by Crippen LogP contribution is 2.18. The SMILES string of the molecule is Cn1c(=O)c2c(nc(S(=O)(=O)Cc3cccnc3)n2C)n(C)c1=O. The molecule has 0 aliphatic carbocycles. The molecule has 3 heterocycles. The molecule has 10 heteroatoms. The van der Waals surface area contributed by atoms with Crippen LogP contribution in [0.15, 0.2) is 39.3 Å². The first-order valence-electron chi connectivity index (χ1n) is 6.98. The Morgan fingerprint density at radius 3 is 2.42 bits per heavy atom. The van der Waals surface area contributed by atoms with Gasteiger partial charge >= 0.3 is 5.69 Å². The molecular formula is C14H15N5O4S. The van der Waals surface area contributed by atoms with Crippen LogP contribution in [0.3, 0.4) is 0 Å². The fourth-order valence-electron chi connectivity index (χ4n) is 2.54. The van der Waals surface area contributed by atoms with Crippen LogP contribution >= 0.6 is 0 Å². The first kappa shape index (κ1) is 16.1. The van der Waals surface area contributed by atoms with Crippen molar-refractivity contribution in [3.8, 4) is 0 Å². The first-order valence-corrected chi connectivity index (χ1v) is 8.63. The molecule has 0 N–H and O–H groups in total. The van der Waals surface area contributed by atoms with E-state index in [9.17, 15) is 18.0 Å². The van der Waals surface area contributed by atoms with Gasteiger partial charge in [0.15, 0.2) is 11.2 Å². The van der Waals surface area contributed by atoms with E-state index in [2.05, 4.69) is 9.97 Å². The summed E-state index contributed by atoms with van der Waals surface area (Å²) in [6.45, 7) is 0. The zero-order valence-electron chi connectivity index (χ0n) is 13.3. The number of aryl methyl sites for hydroxylation is 2. The average Bonchev–Trinajstić information content (AvgIpc) is 2.90. The number of nitrogens with zero attached hydrogens (tertiary/aromatic N) is 5. The lowest BCUT2D eigenvalue weighted by atomic mass is 10.3. The van der Waals surface area contributed by atoms with Gasteiger partial charge in [0.1, 0.15) is 0 Å². The van der Waals surface area contributed by atoms with E-state index in [-0.39, 0.29) is 22.1 Å². The van der Waals surface area contributed by atoms with Gasteiger partial charge in [-0.3, -0.25) is 18.9 Å². The zero-order valence-corrected chi connectivity index (χ0v) is 14.1. The summed E-state index contributed by atoms with van der Waals surface area (Å²) in [5.74, 6) is -0.299. The molecule has 0 bridgehead atoms. The van der Waals surface area contributed by atoms with E-state index >= 15 is 0 Å². The molecule has 0 saturated carbocycles. The number of aromatic nitrogens is 5. The molecule has 0 aliphatic heterocycles. The van der Waals surface area contributed by atoms with Crippen molar-refractivity contribution in [2.24, 2.45) is 21.1 Å². The average molecular weight is 349 g/mol. The van der Waals surface area contributed by atoms with Gasteiger partial charge in [0.25, 0.3) is 5.56 Å². The van der Waals surface area contributed by atoms with E-state index in [1.165, 1.54) is 31.9 Å². The van der Waals surface area contributed by atoms with Gasteiger partial charge < -0.3 is 4.57 Å². The molecule has 9 nitrogen and oxygen atoms in total. The summed E-state index contributed by atoms with van der Waals surface area (Å²) in [6, 6.07) is 3.28. The first-order chi connectivity index (χ1) is 11.2. The maximum atomic E-state index is 12.7. The number of imidazole rings is 1. The number of rotatable bonds is 3. The monoisotopic (exact) mass is 349 g/mol. The fraction of sp³-hybridized carbons (Fsp3) is 0.286. The van der Waals surface area contributed by atoms with Crippen LogP contribution in [0.4, 0.5) is 0 Å². The van der Waals surface area contributed by atoms with Gasteiger partial charge in [-0.05, 0) is 11.6 Å². The van der Waals surface area contributed by atoms with E-state index < -0.39 is 21.1 Å². The van der Waals surface area contributed by atoms with Crippen molar-refractivity contribution in [3.05, 3.63) is 50.9 Å². The van der Waals surface area contributed by atoms with Crippen LogP contribution in [0.1, 0.15) is 5.56 Å². The summed E-state index contributed by atoms with van der Waals surface area (Å²) in [4.78, 5) is 32.2. The minimum absolute atomic E-state index is 0.0374. The van der Waals surface area contributed by atoms with Crippen molar-refractivity contribution in [1.82, 2.24) is 23.7 Å². The minimum Gasteiger partial charge on any atom is -0.312 e. The Morgan fingerprint density at radius 2 is 1.79 bits per heavy atom. The van der Waals surface area contributed by atoms with Crippen molar-refractivity contribution in [2.75, 3.05) is 0 Å².